The Labute approximate surface area is 231 Å². The average molecular weight is 581 g/mol. The number of anilines is 1. The number of carbonyl (C=O) groups excluding carboxylic acids is 2. The van der Waals surface area contributed by atoms with Gasteiger partial charge in [0.15, 0.2) is 17.2 Å². The molecule has 0 fully saturated rings. The highest BCUT2D eigenvalue weighted by Gasteiger charge is 2.44. The lowest BCUT2D eigenvalue weighted by Gasteiger charge is -2.30. The molecule has 0 N–H and O–H groups in total. The standard InChI is InChI=1S/C27H25F5N4O5/c1-25(2,3)41-24(38)35-11-10-19-18(14-35)22(26(28,29)30)33-36(19)17-7-5-6-15(12-17)23(37)34(4)16-8-9-20-21(13-16)40-27(31,32)39-20/h5-9,12-13H,10-11,14H2,1-4H3. The summed E-state index contributed by atoms with van der Waals surface area (Å²) in [4.78, 5) is 28.2. The molecule has 3 aromatic rings. The highest BCUT2D eigenvalue weighted by molar-refractivity contribution is 6.06. The van der Waals surface area contributed by atoms with Crippen LogP contribution in [0.25, 0.3) is 5.69 Å². The molecule has 0 radical (unpaired) electrons. The Morgan fingerprint density at radius 1 is 1.05 bits per heavy atom. The minimum Gasteiger partial charge on any atom is -0.444 e. The molecule has 5 rings (SSSR count). The van der Waals surface area contributed by atoms with Gasteiger partial charge in [-0.3, -0.25) is 4.79 Å². The minimum absolute atomic E-state index is 0.0670. The van der Waals surface area contributed by atoms with Gasteiger partial charge in [0.2, 0.25) is 0 Å². The van der Waals surface area contributed by atoms with E-state index in [1.807, 2.05) is 0 Å². The first-order valence-electron chi connectivity index (χ1n) is 12.5. The largest absolute Gasteiger partial charge is 0.586 e. The number of rotatable bonds is 3. The van der Waals surface area contributed by atoms with Gasteiger partial charge in [-0.2, -0.15) is 18.3 Å². The fourth-order valence-corrected chi connectivity index (χ4v) is 4.57. The molecule has 1 aromatic heterocycles. The van der Waals surface area contributed by atoms with E-state index in [0.717, 1.165) is 4.68 Å². The van der Waals surface area contributed by atoms with E-state index in [1.165, 1.54) is 59.3 Å². The first-order valence-corrected chi connectivity index (χ1v) is 12.5. The summed E-state index contributed by atoms with van der Waals surface area (Å²) in [6, 6.07) is 9.69. The van der Waals surface area contributed by atoms with Gasteiger partial charge >= 0.3 is 18.6 Å². The van der Waals surface area contributed by atoms with Crippen molar-refractivity contribution in [1.29, 1.82) is 0 Å². The predicted octanol–water partition coefficient (Wildman–Crippen LogP) is 5.78. The third kappa shape index (κ3) is 5.63. The van der Waals surface area contributed by atoms with Gasteiger partial charge in [-0.25, -0.2) is 9.48 Å². The molecule has 2 aromatic carbocycles. The van der Waals surface area contributed by atoms with E-state index in [2.05, 4.69) is 14.6 Å². The summed E-state index contributed by atoms with van der Waals surface area (Å²) < 4.78 is 84.1. The van der Waals surface area contributed by atoms with Crippen LogP contribution >= 0.6 is 0 Å². The maximum absolute atomic E-state index is 14.0. The SMILES string of the molecule is CN(C(=O)c1cccc(-n2nc(C(F)(F)F)c3c2CCN(C(=O)OC(C)(C)C)C3)c1)c1ccc2c(c1)OC(F)(F)O2. The second kappa shape index (κ2) is 9.63. The van der Waals surface area contributed by atoms with Gasteiger partial charge in [0.25, 0.3) is 5.91 Å². The molecule has 2 aliphatic rings. The third-order valence-electron chi connectivity index (χ3n) is 6.39. The Kier molecular flexibility index (Phi) is 6.62. The minimum atomic E-state index is -4.80. The molecule has 218 valence electrons. The van der Waals surface area contributed by atoms with Crippen LogP contribution in [0.5, 0.6) is 11.5 Å². The number of fused-ring (bicyclic) bond motifs is 2. The van der Waals surface area contributed by atoms with Crippen LogP contribution in [-0.4, -0.2) is 52.2 Å². The predicted molar refractivity (Wildman–Crippen MR) is 134 cm³/mol. The van der Waals surface area contributed by atoms with Crippen molar-refractivity contribution in [2.75, 3.05) is 18.5 Å². The average Bonchev–Trinajstić information content (AvgIpc) is 3.42. The first kappa shape index (κ1) is 28.2. The quantitative estimate of drug-likeness (QED) is 0.365. The normalized spacial score (nSPS) is 15.9. The Morgan fingerprint density at radius 3 is 2.44 bits per heavy atom. The fraction of sp³-hybridized carbons (Fsp3) is 0.370. The monoisotopic (exact) mass is 580 g/mol. The van der Waals surface area contributed by atoms with E-state index in [0.29, 0.717) is 0 Å². The van der Waals surface area contributed by atoms with Gasteiger partial charge in [-0.15, -0.1) is 8.78 Å². The number of hydrogen-bond donors (Lipinski definition) is 0. The maximum Gasteiger partial charge on any atom is 0.586 e. The van der Waals surface area contributed by atoms with Crippen LogP contribution in [-0.2, 0) is 23.9 Å². The molecule has 0 atom stereocenters. The van der Waals surface area contributed by atoms with E-state index >= 15 is 0 Å². The number of benzene rings is 2. The summed E-state index contributed by atoms with van der Waals surface area (Å²) in [7, 11) is 1.41. The summed E-state index contributed by atoms with van der Waals surface area (Å²) in [5.74, 6) is -0.995. The lowest BCUT2D eigenvalue weighted by Crippen LogP contribution is -2.40. The molecule has 0 spiro atoms. The van der Waals surface area contributed by atoms with Crippen LogP contribution in [0.15, 0.2) is 42.5 Å². The second-order valence-electron chi connectivity index (χ2n) is 10.5. The van der Waals surface area contributed by atoms with Crippen LogP contribution in [0.3, 0.4) is 0 Å². The Hall–Kier alpha value is -4.36. The van der Waals surface area contributed by atoms with Crippen molar-refractivity contribution >= 4 is 17.7 Å². The number of alkyl halides is 5. The van der Waals surface area contributed by atoms with Crippen molar-refractivity contribution in [2.45, 2.75) is 51.8 Å². The molecule has 2 amide bonds. The van der Waals surface area contributed by atoms with E-state index < -0.39 is 35.8 Å². The third-order valence-corrected chi connectivity index (χ3v) is 6.39. The van der Waals surface area contributed by atoms with Crippen LogP contribution in [0.4, 0.5) is 32.4 Å². The molecule has 2 aliphatic heterocycles. The second-order valence-corrected chi connectivity index (χ2v) is 10.5. The Morgan fingerprint density at radius 2 is 1.76 bits per heavy atom. The number of hydrogen-bond acceptors (Lipinski definition) is 6. The Balaban J connectivity index is 1.44. The van der Waals surface area contributed by atoms with Crippen LogP contribution < -0.4 is 14.4 Å². The van der Waals surface area contributed by atoms with Crippen molar-refractivity contribution in [3.63, 3.8) is 0 Å². The summed E-state index contributed by atoms with van der Waals surface area (Å²) in [6.07, 6.45) is -9.28. The van der Waals surface area contributed by atoms with Gasteiger partial charge in [0, 0.05) is 42.9 Å². The molecule has 14 heteroatoms. The van der Waals surface area contributed by atoms with Gasteiger partial charge in [0.1, 0.15) is 5.60 Å². The van der Waals surface area contributed by atoms with Gasteiger partial charge < -0.3 is 24.0 Å². The van der Waals surface area contributed by atoms with Crippen molar-refractivity contribution in [2.24, 2.45) is 0 Å². The van der Waals surface area contributed by atoms with Crippen molar-refractivity contribution < 1.29 is 45.8 Å². The van der Waals surface area contributed by atoms with E-state index in [1.54, 1.807) is 20.8 Å². The summed E-state index contributed by atoms with van der Waals surface area (Å²) in [5, 5.41) is 3.84. The molecular formula is C27H25F5N4O5. The first-order chi connectivity index (χ1) is 19.0. The maximum atomic E-state index is 14.0. The van der Waals surface area contributed by atoms with Crippen LogP contribution in [0.2, 0.25) is 0 Å². The van der Waals surface area contributed by atoms with Gasteiger partial charge in [-0.1, -0.05) is 6.07 Å². The number of halogens is 5. The molecule has 0 saturated heterocycles. The molecule has 41 heavy (non-hydrogen) atoms. The number of nitrogens with zero attached hydrogens (tertiary/aromatic N) is 4. The van der Waals surface area contributed by atoms with Crippen molar-refractivity contribution in [1.82, 2.24) is 14.7 Å². The highest BCUT2D eigenvalue weighted by Crippen LogP contribution is 2.43. The molecule has 0 aliphatic carbocycles. The Bertz CT molecular complexity index is 1530. The van der Waals surface area contributed by atoms with Gasteiger partial charge in [0.05, 0.1) is 17.9 Å². The number of ether oxygens (including phenoxy) is 3. The molecule has 3 heterocycles. The number of carbonyl (C=O) groups is 2. The fourth-order valence-electron chi connectivity index (χ4n) is 4.57. The summed E-state index contributed by atoms with van der Waals surface area (Å²) in [6.45, 7) is 4.75. The molecule has 0 unspecified atom stereocenters. The lowest BCUT2D eigenvalue weighted by atomic mass is 10.0. The summed E-state index contributed by atoms with van der Waals surface area (Å²) in [5.41, 5.74) is -1.32. The van der Waals surface area contributed by atoms with Crippen molar-refractivity contribution in [3.05, 3.63) is 65.0 Å². The zero-order valence-electron chi connectivity index (χ0n) is 22.4. The van der Waals surface area contributed by atoms with Gasteiger partial charge in [-0.05, 0) is 51.1 Å². The zero-order chi connectivity index (χ0) is 29.9. The number of amides is 2. The zero-order valence-corrected chi connectivity index (χ0v) is 22.4. The molecule has 9 nitrogen and oxygen atoms in total. The molecular weight excluding hydrogens is 555 g/mol. The molecule has 0 bridgehead atoms. The van der Waals surface area contributed by atoms with E-state index in [-0.39, 0.29) is 59.2 Å². The highest BCUT2D eigenvalue weighted by atomic mass is 19.4. The van der Waals surface area contributed by atoms with Crippen LogP contribution in [0.1, 0.15) is 48.1 Å². The number of aromatic nitrogens is 2. The topological polar surface area (TPSA) is 86.1 Å². The molecule has 0 saturated carbocycles. The lowest BCUT2D eigenvalue weighted by molar-refractivity contribution is -0.286. The van der Waals surface area contributed by atoms with Crippen LogP contribution in [0, 0.1) is 0 Å². The van der Waals surface area contributed by atoms with E-state index in [9.17, 15) is 31.5 Å². The van der Waals surface area contributed by atoms with E-state index in [4.69, 9.17) is 4.74 Å². The van der Waals surface area contributed by atoms with Crippen molar-refractivity contribution in [3.8, 4) is 17.2 Å². The smallest absolute Gasteiger partial charge is 0.444 e. The summed E-state index contributed by atoms with van der Waals surface area (Å²) >= 11 is 0.